The molecule has 0 aliphatic heterocycles. The number of anilines is 1. The van der Waals surface area contributed by atoms with Crippen molar-refractivity contribution in [3.8, 4) is 0 Å². The predicted molar refractivity (Wildman–Crippen MR) is 46.3 cm³/mol. The Hall–Kier alpha value is -0.410. The lowest BCUT2D eigenvalue weighted by atomic mass is 10.5. The van der Waals surface area contributed by atoms with Gasteiger partial charge >= 0.3 is 0 Å². The fourth-order valence-corrected chi connectivity index (χ4v) is 1.58. The summed E-state index contributed by atoms with van der Waals surface area (Å²) >= 11 is 5.54. The Kier molecular flexibility index (Phi) is 1.55. The van der Waals surface area contributed by atoms with Crippen LogP contribution in [0.5, 0.6) is 0 Å². The van der Waals surface area contributed by atoms with Gasteiger partial charge in [0.2, 0.25) is 0 Å². The highest BCUT2D eigenvalue weighted by Gasteiger charge is 1.96. The predicted octanol–water partition coefficient (Wildman–Crippen LogP) is 0.440. The third kappa shape index (κ3) is 0.976. The summed E-state index contributed by atoms with van der Waals surface area (Å²) in [4.78, 5) is 0.769. The molecule has 48 valence electrons. The van der Waals surface area contributed by atoms with Gasteiger partial charge in [0.25, 0.3) is 0 Å². The molecule has 0 aliphatic rings. The minimum atomic E-state index is 0.702. The molecule has 9 heavy (non-hydrogen) atoms. The van der Waals surface area contributed by atoms with Crippen molar-refractivity contribution >= 4 is 42.1 Å². The molecule has 0 saturated carbocycles. The van der Waals surface area contributed by atoms with Crippen molar-refractivity contribution in [2.24, 2.45) is 0 Å². The first kappa shape index (κ1) is 6.71. The summed E-state index contributed by atoms with van der Waals surface area (Å²) in [6, 6.07) is 0. The highest BCUT2D eigenvalue weighted by Crippen LogP contribution is 2.12. The second-order valence-electron chi connectivity index (χ2n) is 1.72. The van der Waals surface area contributed by atoms with Crippen molar-refractivity contribution < 1.29 is 0 Å². The minimum absolute atomic E-state index is 0.702. The molecule has 1 rings (SSSR count). The van der Waals surface area contributed by atoms with E-state index in [2.05, 4.69) is 25.8 Å². The quantitative estimate of drug-likeness (QED) is 0.525. The van der Waals surface area contributed by atoms with Crippen LogP contribution in [0, 0.1) is 0 Å². The molecular formula is C6H7NS2. The van der Waals surface area contributed by atoms with Gasteiger partial charge < -0.3 is 5.73 Å². The average molecular weight is 157 g/mol. The topological polar surface area (TPSA) is 26.0 Å². The Bertz CT molecular complexity index is 313. The monoisotopic (exact) mass is 157 g/mol. The fraction of sp³-hybridized carbons (Fsp3) is 0. The smallest absolute Gasteiger partial charge is 0.100 e. The summed E-state index contributed by atoms with van der Waals surface area (Å²) in [7, 11) is 0. The van der Waals surface area contributed by atoms with E-state index in [9.17, 15) is 0 Å². The Labute approximate surface area is 62.9 Å². The Balaban J connectivity index is 3.68. The molecular weight excluding hydrogens is 150 g/mol. The number of thiophene rings is 1. The second-order valence-corrected chi connectivity index (χ2v) is 3.30. The molecule has 1 aromatic rings. The zero-order chi connectivity index (χ0) is 7.02. The van der Waals surface area contributed by atoms with Gasteiger partial charge in [-0.15, -0.1) is 24.0 Å². The maximum absolute atomic E-state index is 5.50. The van der Waals surface area contributed by atoms with Gasteiger partial charge in [0.05, 0.1) is 0 Å². The lowest BCUT2D eigenvalue weighted by Crippen LogP contribution is -2.14. The van der Waals surface area contributed by atoms with E-state index in [4.69, 9.17) is 5.73 Å². The van der Waals surface area contributed by atoms with Crippen molar-refractivity contribution in [1.29, 1.82) is 0 Å². The SMILES string of the molecule is C=c1sc(N)c(S)c1=C. The molecule has 0 spiro atoms. The van der Waals surface area contributed by atoms with Gasteiger partial charge in [-0.25, -0.2) is 0 Å². The maximum atomic E-state index is 5.50. The van der Waals surface area contributed by atoms with Gasteiger partial charge in [-0.2, -0.15) is 0 Å². The molecule has 3 heteroatoms. The van der Waals surface area contributed by atoms with E-state index in [0.717, 1.165) is 14.6 Å². The van der Waals surface area contributed by atoms with E-state index in [1.54, 1.807) is 0 Å². The number of nitrogens with two attached hydrogens (primary N) is 1. The number of thiol groups is 1. The molecule has 1 heterocycles. The molecule has 0 bridgehead atoms. The summed E-state index contributed by atoms with van der Waals surface area (Å²) < 4.78 is 0.900. The van der Waals surface area contributed by atoms with Crippen LogP contribution < -0.4 is 15.5 Å². The van der Waals surface area contributed by atoms with Gasteiger partial charge in [-0.05, 0) is 0 Å². The Morgan fingerprint density at radius 1 is 1.44 bits per heavy atom. The number of nitrogen functional groups attached to an aromatic ring is 1. The van der Waals surface area contributed by atoms with Crippen LogP contribution in [0.4, 0.5) is 5.00 Å². The van der Waals surface area contributed by atoms with E-state index >= 15 is 0 Å². The molecule has 0 aliphatic carbocycles. The lowest BCUT2D eigenvalue weighted by molar-refractivity contribution is 1.49. The van der Waals surface area contributed by atoms with Gasteiger partial charge in [0.15, 0.2) is 0 Å². The third-order valence-corrected chi connectivity index (χ3v) is 2.67. The highest BCUT2D eigenvalue weighted by molar-refractivity contribution is 7.80. The summed E-state index contributed by atoms with van der Waals surface area (Å²) in [5.74, 6) is 0. The molecule has 1 nitrogen and oxygen atoms in total. The molecule has 0 saturated heterocycles. The Morgan fingerprint density at radius 3 is 2.11 bits per heavy atom. The van der Waals surface area contributed by atoms with E-state index in [0.29, 0.717) is 5.00 Å². The first-order chi connectivity index (χ1) is 4.13. The second kappa shape index (κ2) is 2.08. The zero-order valence-electron chi connectivity index (χ0n) is 4.85. The maximum Gasteiger partial charge on any atom is 0.100 e. The van der Waals surface area contributed by atoms with E-state index in [1.165, 1.54) is 11.3 Å². The van der Waals surface area contributed by atoms with Crippen molar-refractivity contribution in [3.63, 3.8) is 0 Å². The van der Waals surface area contributed by atoms with Crippen LogP contribution in [0.2, 0.25) is 0 Å². The molecule has 0 radical (unpaired) electrons. The van der Waals surface area contributed by atoms with Crippen molar-refractivity contribution in [3.05, 3.63) is 9.75 Å². The van der Waals surface area contributed by atoms with Crippen molar-refractivity contribution in [1.82, 2.24) is 0 Å². The van der Waals surface area contributed by atoms with Crippen LogP contribution in [0.15, 0.2) is 4.90 Å². The van der Waals surface area contributed by atoms with E-state index < -0.39 is 0 Å². The van der Waals surface area contributed by atoms with Crippen molar-refractivity contribution in [2.75, 3.05) is 5.73 Å². The largest absolute Gasteiger partial charge is 0.390 e. The third-order valence-electron chi connectivity index (χ3n) is 1.09. The summed E-state index contributed by atoms with van der Waals surface area (Å²) in [5.41, 5.74) is 5.50. The first-order valence-electron chi connectivity index (χ1n) is 2.38. The molecule has 0 fully saturated rings. The van der Waals surface area contributed by atoms with E-state index in [1.807, 2.05) is 0 Å². The number of hydrogen-bond donors (Lipinski definition) is 2. The molecule has 0 unspecified atom stereocenters. The molecule has 1 aromatic heterocycles. The van der Waals surface area contributed by atoms with Crippen LogP contribution >= 0.6 is 24.0 Å². The highest BCUT2D eigenvalue weighted by atomic mass is 32.1. The summed E-state index contributed by atoms with van der Waals surface area (Å²) in [6.45, 7) is 7.46. The average Bonchev–Trinajstić information content (AvgIpc) is 1.98. The minimum Gasteiger partial charge on any atom is -0.390 e. The zero-order valence-corrected chi connectivity index (χ0v) is 6.56. The van der Waals surface area contributed by atoms with Crippen LogP contribution in [-0.2, 0) is 0 Å². The molecule has 2 N–H and O–H groups in total. The van der Waals surface area contributed by atoms with Gasteiger partial charge in [0.1, 0.15) is 5.00 Å². The summed E-state index contributed by atoms with van der Waals surface area (Å²) in [6.07, 6.45) is 0. The van der Waals surface area contributed by atoms with E-state index in [-0.39, 0.29) is 0 Å². The van der Waals surface area contributed by atoms with Crippen molar-refractivity contribution in [2.45, 2.75) is 4.90 Å². The molecule has 0 amide bonds. The Morgan fingerprint density at radius 2 is 2.00 bits per heavy atom. The normalized spacial score (nSPS) is 9.89. The van der Waals surface area contributed by atoms with Gasteiger partial charge in [-0.1, -0.05) is 13.2 Å². The van der Waals surface area contributed by atoms with Gasteiger partial charge in [-0.3, -0.25) is 0 Å². The van der Waals surface area contributed by atoms with Crippen LogP contribution in [0.25, 0.3) is 13.2 Å². The summed E-state index contributed by atoms with van der Waals surface area (Å²) in [5, 5.41) is 1.55. The van der Waals surface area contributed by atoms with Crippen LogP contribution in [0.3, 0.4) is 0 Å². The number of rotatable bonds is 0. The lowest BCUT2D eigenvalue weighted by Gasteiger charge is -1.81. The molecule has 0 atom stereocenters. The fourth-order valence-electron chi connectivity index (χ4n) is 0.523. The number of hydrogen-bond acceptors (Lipinski definition) is 3. The van der Waals surface area contributed by atoms with Crippen LogP contribution in [0.1, 0.15) is 0 Å². The standard InChI is InChI=1S/C6H7NS2/c1-3-4(2)9-6(7)5(3)8/h8H,1-2,7H2. The van der Waals surface area contributed by atoms with Crippen LogP contribution in [-0.4, -0.2) is 0 Å². The molecule has 0 aromatic carbocycles. The van der Waals surface area contributed by atoms with Gasteiger partial charge in [0, 0.05) is 14.6 Å². The first-order valence-corrected chi connectivity index (χ1v) is 3.64.